The van der Waals surface area contributed by atoms with Crippen molar-refractivity contribution in [1.29, 1.82) is 0 Å². The molecule has 2 heteroatoms. The molecule has 4 atom stereocenters. The molecule has 2 saturated carbocycles. The molecule has 0 amide bonds. The van der Waals surface area contributed by atoms with E-state index in [1.54, 1.807) is 0 Å². The van der Waals surface area contributed by atoms with Gasteiger partial charge in [0.1, 0.15) is 0 Å². The molecule has 14 heavy (non-hydrogen) atoms. The quantitative estimate of drug-likeness (QED) is 0.700. The van der Waals surface area contributed by atoms with E-state index in [1.807, 2.05) is 0 Å². The van der Waals surface area contributed by atoms with Crippen LogP contribution >= 0.6 is 0 Å². The van der Waals surface area contributed by atoms with Crippen LogP contribution in [0.25, 0.3) is 0 Å². The van der Waals surface area contributed by atoms with E-state index in [0.29, 0.717) is 0 Å². The van der Waals surface area contributed by atoms with Crippen molar-refractivity contribution < 1.29 is 9.90 Å². The molecule has 0 bridgehead atoms. The summed E-state index contributed by atoms with van der Waals surface area (Å²) in [5.41, 5.74) is 0. The maximum Gasteiger partial charge on any atom is 0.306 e. The van der Waals surface area contributed by atoms with Crippen molar-refractivity contribution in [1.82, 2.24) is 0 Å². The Balaban J connectivity index is 1.94. The van der Waals surface area contributed by atoms with E-state index in [2.05, 4.69) is 6.92 Å². The molecule has 2 aliphatic carbocycles. The molecule has 0 radical (unpaired) electrons. The molecule has 0 heterocycles. The van der Waals surface area contributed by atoms with E-state index in [-0.39, 0.29) is 5.92 Å². The van der Waals surface area contributed by atoms with Crippen LogP contribution in [-0.2, 0) is 4.79 Å². The highest BCUT2D eigenvalue weighted by molar-refractivity contribution is 5.70. The summed E-state index contributed by atoms with van der Waals surface area (Å²) >= 11 is 0. The molecule has 0 aromatic rings. The van der Waals surface area contributed by atoms with Crippen LogP contribution in [-0.4, -0.2) is 11.1 Å². The molecule has 0 saturated heterocycles. The van der Waals surface area contributed by atoms with Crippen LogP contribution in [0.15, 0.2) is 0 Å². The van der Waals surface area contributed by atoms with Crippen molar-refractivity contribution in [2.24, 2.45) is 23.7 Å². The Morgan fingerprint density at radius 1 is 1.07 bits per heavy atom. The Bertz CT molecular complexity index is 224. The van der Waals surface area contributed by atoms with Crippen molar-refractivity contribution in [3.05, 3.63) is 0 Å². The van der Waals surface area contributed by atoms with Gasteiger partial charge in [0.05, 0.1) is 5.92 Å². The third-order valence-corrected chi connectivity index (χ3v) is 4.22. The van der Waals surface area contributed by atoms with Gasteiger partial charge in [-0.25, -0.2) is 0 Å². The Morgan fingerprint density at radius 3 is 2.43 bits per heavy atom. The normalized spacial score (nSPS) is 42.9. The number of carboxylic acid groups (broad SMARTS) is 1. The number of carbonyl (C=O) groups is 1. The predicted molar refractivity (Wildman–Crippen MR) is 55.0 cm³/mol. The summed E-state index contributed by atoms with van der Waals surface area (Å²) in [7, 11) is 0. The van der Waals surface area contributed by atoms with Crippen LogP contribution in [0, 0.1) is 23.7 Å². The number of carboxylic acids is 1. The average molecular weight is 196 g/mol. The lowest BCUT2D eigenvalue weighted by Gasteiger charge is -2.40. The molecule has 2 rings (SSSR count). The van der Waals surface area contributed by atoms with Crippen LogP contribution in [0.4, 0.5) is 0 Å². The highest BCUT2D eigenvalue weighted by atomic mass is 16.4. The summed E-state index contributed by atoms with van der Waals surface area (Å²) in [6, 6.07) is 0. The van der Waals surface area contributed by atoms with E-state index < -0.39 is 5.97 Å². The van der Waals surface area contributed by atoms with Gasteiger partial charge in [-0.1, -0.05) is 13.3 Å². The SMILES string of the molecule is CC1CCC2C[C@H](C(=O)O)CC[C@@H]2C1. The summed E-state index contributed by atoms with van der Waals surface area (Å²) in [6.07, 6.45) is 6.96. The largest absolute Gasteiger partial charge is 0.481 e. The molecule has 1 N–H and O–H groups in total. The van der Waals surface area contributed by atoms with Gasteiger partial charge in [-0.2, -0.15) is 0 Å². The van der Waals surface area contributed by atoms with Crippen molar-refractivity contribution in [3.8, 4) is 0 Å². The van der Waals surface area contributed by atoms with E-state index in [9.17, 15) is 4.79 Å². The van der Waals surface area contributed by atoms with E-state index in [0.717, 1.165) is 37.0 Å². The molecule has 0 aliphatic heterocycles. The number of aliphatic carboxylic acids is 1. The van der Waals surface area contributed by atoms with Crippen LogP contribution < -0.4 is 0 Å². The Morgan fingerprint density at radius 2 is 1.71 bits per heavy atom. The lowest BCUT2D eigenvalue weighted by atomic mass is 9.65. The number of rotatable bonds is 1. The summed E-state index contributed by atoms with van der Waals surface area (Å²) in [5, 5.41) is 8.98. The molecular formula is C12H20O2. The summed E-state index contributed by atoms with van der Waals surface area (Å²) in [4.78, 5) is 10.9. The van der Waals surface area contributed by atoms with Crippen LogP contribution in [0.5, 0.6) is 0 Å². The van der Waals surface area contributed by atoms with Crippen molar-refractivity contribution >= 4 is 5.97 Å². The molecule has 2 fully saturated rings. The highest BCUT2D eigenvalue weighted by Crippen LogP contribution is 2.44. The van der Waals surface area contributed by atoms with Crippen molar-refractivity contribution in [3.63, 3.8) is 0 Å². The molecule has 80 valence electrons. The van der Waals surface area contributed by atoms with Crippen LogP contribution in [0.3, 0.4) is 0 Å². The predicted octanol–water partition coefficient (Wildman–Crippen LogP) is 2.92. The number of fused-ring (bicyclic) bond motifs is 1. The van der Waals surface area contributed by atoms with E-state index >= 15 is 0 Å². The maximum atomic E-state index is 10.9. The molecular weight excluding hydrogens is 176 g/mol. The Labute approximate surface area is 85.7 Å². The lowest BCUT2D eigenvalue weighted by molar-refractivity contribution is -0.144. The molecule has 0 spiro atoms. The average Bonchev–Trinajstić information content (AvgIpc) is 2.16. The zero-order chi connectivity index (χ0) is 10.1. The van der Waals surface area contributed by atoms with Gasteiger partial charge < -0.3 is 5.11 Å². The first-order valence-electron chi connectivity index (χ1n) is 5.89. The van der Waals surface area contributed by atoms with Crippen molar-refractivity contribution in [2.75, 3.05) is 0 Å². The zero-order valence-corrected chi connectivity index (χ0v) is 8.91. The minimum atomic E-state index is -0.568. The van der Waals surface area contributed by atoms with Crippen LogP contribution in [0.2, 0.25) is 0 Å². The fraction of sp³-hybridized carbons (Fsp3) is 0.917. The molecule has 2 nitrogen and oxygen atoms in total. The zero-order valence-electron chi connectivity index (χ0n) is 8.91. The smallest absolute Gasteiger partial charge is 0.306 e. The molecule has 0 aromatic heterocycles. The van der Waals surface area contributed by atoms with Gasteiger partial charge in [0, 0.05) is 0 Å². The van der Waals surface area contributed by atoms with E-state index in [1.165, 1.54) is 19.3 Å². The fourth-order valence-corrected chi connectivity index (χ4v) is 3.35. The van der Waals surface area contributed by atoms with Gasteiger partial charge in [0.2, 0.25) is 0 Å². The van der Waals surface area contributed by atoms with Gasteiger partial charge >= 0.3 is 5.97 Å². The van der Waals surface area contributed by atoms with Gasteiger partial charge in [-0.15, -0.1) is 0 Å². The topological polar surface area (TPSA) is 37.3 Å². The van der Waals surface area contributed by atoms with Gasteiger partial charge in [-0.3, -0.25) is 4.79 Å². The maximum absolute atomic E-state index is 10.9. The summed E-state index contributed by atoms with van der Waals surface area (Å²) < 4.78 is 0. The fourth-order valence-electron chi connectivity index (χ4n) is 3.35. The minimum absolute atomic E-state index is 0.0374. The first-order valence-corrected chi connectivity index (χ1v) is 5.89. The third-order valence-electron chi connectivity index (χ3n) is 4.22. The Hall–Kier alpha value is -0.530. The lowest BCUT2D eigenvalue weighted by Crippen LogP contribution is -2.33. The first-order chi connectivity index (χ1) is 6.66. The molecule has 2 unspecified atom stereocenters. The first kappa shape index (κ1) is 10.0. The van der Waals surface area contributed by atoms with Crippen LogP contribution in [0.1, 0.15) is 45.4 Å². The summed E-state index contributed by atoms with van der Waals surface area (Å²) in [5.74, 6) is 1.83. The van der Waals surface area contributed by atoms with Gasteiger partial charge in [0.25, 0.3) is 0 Å². The van der Waals surface area contributed by atoms with Gasteiger partial charge in [0.15, 0.2) is 0 Å². The Kier molecular flexibility index (Phi) is 2.80. The van der Waals surface area contributed by atoms with Crippen molar-refractivity contribution in [2.45, 2.75) is 45.4 Å². The molecule has 2 aliphatic rings. The summed E-state index contributed by atoms with van der Waals surface area (Å²) in [6.45, 7) is 2.33. The minimum Gasteiger partial charge on any atom is -0.481 e. The highest BCUT2D eigenvalue weighted by Gasteiger charge is 2.36. The molecule has 0 aromatic carbocycles. The number of hydrogen-bond donors (Lipinski definition) is 1. The second kappa shape index (κ2) is 3.92. The third kappa shape index (κ3) is 1.94. The standard InChI is InChI=1S/C12H20O2/c1-8-2-3-10-7-11(12(13)14)5-4-9(10)6-8/h8-11H,2-7H2,1H3,(H,13,14)/t8?,9-,10?,11-/m1/s1. The van der Waals surface area contributed by atoms with Gasteiger partial charge in [-0.05, 0) is 49.9 Å². The second-order valence-electron chi connectivity index (χ2n) is 5.29. The van der Waals surface area contributed by atoms with E-state index in [4.69, 9.17) is 5.11 Å². The second-order valence-corrected chi connectivity index (χ2v) is 5.29. The monoisotopic (exact) mass is 196 g/mol. The number of hydrogen-bond acceptors (Lipinski definition) is 1.